The van der Waals surface area contributed by atoms with E-state index in [1.807, 2.05) is 18.2 Å². The molecule has 0 fully saturated rings. The van der Waals surface area contributed by atoms with Crippen LogP contribution in [-0.4, -0.2) is 13.2 Å². The Morgan fingerprint density at radius 1 is 0.529 bits per heavy atom. The fourth-order valence-corrected chi connectivity index (χ4v) is 3.69. The number of fused-ring (bicyclic) bond motifs is 1. The highest BCUT2D eigenvalue weighted by Crippen LogP contribution is 2.24. The molecule has 0 aromatic heterocycles. The molecule has 0 aliphatic heterocycles. The normalized spacial score (nSPS) is 10.5. The van der Waals surface area contributed by atoms with Gasteiger partial charge >= 0.3 is 0 Å². The quantitative estimate of drug-likeness (QED) is 0.189. The van der Waals surface area contributed by atoms with Gasteiger partial charge in [-0.1, -0.05) is 74.9 Å². The molecule has 0 radical (unpaired) electrons. The second-order valence-electron chi connectivity index (χ2n) is 8.48. The van der Waals surface area contributed by atoms with Gasteiger partial charge in [0, 0.05) is 11.1 Å². The third-order valence-corrected chi connectivity index (χ3v) is 5.77. The lowest BCUT2D eigenvalue weighted by Gasteiger charge is -2.07. The molecule has 0 saturated carbocycles. The average Bonchev–Trinajstić information content (AvgIpc) is 2.88. The second-order valence-corrected chi connectivity index (χ2v) is 8.48. The summed E-state index contributed by atoms with van der Waals surface area (Å²) in [6.45, 7) is 5.88. The molecule has 0 N–H and O–H groups in total. The van der Waals surface area contributed by atoms with Crippen molar-refractivity contribution in [1.82, 2.24) is 0 Å². The van der Waals surface area contributed by atoms with Crippen LogP contribution < -0.4 is 9.47 Å². The zero-order valence-corrected chi connectivity index (χ0v) is 20.1. The molecule has 0 spiro atoms. The Morgan fingerprint density at radius 2 is 1.03 bits per heavy atom. The van der Waals surface area contributed by atoms with E-state index >= 15 is 0 Å². The van der Waals surface area contributed by atoms with E-state index in [0.29, 0.717) is 0 Å². The van der Waals surface area contributed by atoms with Crippen LogP contribution in [-0.2, 0) is 0 Å². The predicted molar refractivity (Wildman–Crippen MR) is 143 cm³/mol. The molecule has 0 aliphatic carbocycles. The molecule has 0 unspecified atom stereocenters. The second kappa shape index (κ2) is 12.0. The van der Waals surface area contributed by atoms with E-state index in [9.17, 15) is 0 Å². The van der Waals surface area contributed by atoms with Crippen molar-refractivity contribution < 1.29 is 9.47 Å². The van der Waals surface area contributed by atoms with Crippen molar-refractivity contribution in [1.29, 1.82) is 0 Å². The highest BCUT2D eigenvalue weighted by atomic mass is 16.5. The third-order valence-electron chi connectivity index (χ3n) is 5.77. The van der Waals surface area contributed by atoms with E-state index in [0.717, 1.165) is 61.5 Å². The Hall–Kier alpha value is -3.70. The molecule has 0 aliphatic rings. The number of ether oxygens (including phenoxy) is 2. The summed E-state index contributed by atoms with van der Waals surface area (Å²) in [4.78, 5) is 0. The summed E-state index contributed by atoms with van der Waals surface area (Å²) >= 11 is 0. The van der Waals surface area contributed by atoms with Crippen LogP contribution in [0.4, 0.5) is 0 Å². The first-order valence-corrected chi connectivity index (χ1v) is 12.3. The fraction of sp³-hybridized carbons (Fsp3) is 0.250. The van der Waals surface area contributed by atoms with Gasteiger partial charge in [0.1, 0.15) is 11.5 Å². The Bertz CT molecular complexity index is 1260. The van der Waals surface area contributed by atoms with Crippen molar-refractivity contribution in [2.75, 3.05) is 13.2 Å². The van der Waals surface area contributed by atoms with E-state index in [-0.39, 0.29) is 0 Å². The number of rotatable bonds is 9. The van der Waals surface area contributed by atoms with Crippen molar-refractivity contribution in [3.8, 4) is 34.5 Å². The van der Waals surface area contributed by atoms with Crippen LogP contribution in [0.2, 0.25) is 0 Å². The maximum Gasteiger partial charge on any atom is 0.119 e. The highest BCUT2D eigenvalue weighted by molar-refractivity contribution is 5.85. The fourth-order valence-electron chi connectivity index (χ4n) is 3.69. The minimum Gasteiger partial charge on any atom is -0.494 e. The van der Waals surface area contributed by atoms with Crippen LogP contribution >= 0.6 is 0 Å². The molecule has 0 atom stereocenters. The number of hydrogen-bond acceptors (Lipinski definition) is 2. The van der Waals surface area contributed by atoms with Gasteiger partial charge in [-0.25, -0.2) is 0 Å². The van der Waals surface area contributed by atoms with Crippen molar-refractivity contribution in [2.45, 2.75) is 39.5 Å². The van der Waals surface area contributed by atoms with Gasteiger partial charge in [0.25, 0.3) is 0 Å². The molecule has 4 aromatic carbocycles. The first-order valence-electron chi connectivity index (χ1n) is 12.3. The van der Waals surface area contributed by atoms with Crippen LogP contribution in [0.15, 0.2) is 84.9 Å². The highest BCUT2D eigenvalue weighted by Gasteiger charge is 2.01. The molecule has 0 amide bonds. The summed E-state index contributed by atoms with van der Waals surface area (Å²) in [5.41, 5.74) is 4.36. The molecule has 0 bridgehead atoms. The topological polar surface area (TPSA) is 18.5 Å². The van der Waals surface area contributed by atoms with Crippen LogP contribution in [0.1, 0.15) is 50.7 Å². The molecule has 4 rings (SSSR count). The largest absolute Gasteiger partial charge is 0.494 e. The molecule has 172 valence electrons. The Morgan fingerprint density at radius 3 is 1.71 bits per heavy atom. The molecule has 4 aromatic rings. The van der Waals surface area contributed by atoms with Crippen LogP contribution in [0.5, 0.6) is 11.5 Å². The first kappa shape index (κ1) is 23.5. The SMILES string of the molecule is CCCCOc1ccc(-c2ccc(C#Cc3ccc4cc(OCCCC)ccc4c3)cc2)cc1. The predicted octanol–water partition coefficient (Wildman–Crippen LogP) is 8.26. The van der Waals surface area contributed by atoms with Gasteiger partial charge in [0.15, 0.2) is 0 Å². The van der Waals surface area contributed by atoms with Gasteiger partial charge in [0.05, 0.1) is 13.2 Å². The Balaban J connectivity index is 1.41. The maximum absolute atomic E-state index is 5.82. The number of benzene rings is 4. The van der Waals surface area contributed by atoms with E-state index < -0.39 is 0 Å². The summed E-state index contributed by atoms with van der Waals surface area (Å²) in [6.07, 6.45) is 4.44. The molecule has 0 saturated heterocycles. The van der Waals surface area contributed by atoms with E-state index in [1.165, 1.54) is 21.9 Å². The zero-order valence-electron chi connectivity index (χ0n) is 20.1. The van der Waals surface area contributed by atoms with Crippen molar-refractivity contribution in [3.63, 3.8) is 0 Å². The summed E-state index contributed by atoms with van der Waals surface area (Å²) in [5.74, 6) is 8.45. The van der Waals surface area contributed by atoms with Crippen molar-refractivity contribution >= 4 is 10.8 Å². The summed E-state index contributed by atoms with van der Waals surface area (Å²) in [7, 11) is 0. The molecule has 2 heteroatoms. The van der Waals surface area contributed by atoms with Crippen molar-refractivity contribution in [3.05, 3.63) is 96.1 Å². The standard InChI is InChI=1S/C32H32O2/c1-3-5-21-33-31-18-15-28(16-19-31)27-12-9-25(10-13-27)7-8-26-11-14-30-24-32(34-22-6-4-2)20-17-29(30)23-26/h9-20,23-24H,3-6,21-22H2,1-2H3. The van der Waals surface area contributed by atoms with Gasteiger partial charge in [-0.15, -0.1) is 0 Å². The molecular weight excluding hydrogens is 416 g/mol. The Kier molecular flexibility index (Phi) is 8.25. The van der Waals surface area contributed by atoms with Crippen molar-refractivity contribution in [2.24, 2.45) is 0 Å². The van der Waals surface area contributed by atoms with Gasteiger partial charge in [-0.05, 0) is 83.3 Å². The maximum atomic E-state index is 5.82. The molecule has 0 heterocycles. The lowest BCUT2D eigenvalue weighted by atomic mass is 10.0. The smallest absolute Gasteiger partial charge is 0.119 e. The van der Waals surface area contributed by atoms with Crippen LogP contribution in [0.3, 0.4) is 0 Å². The van der Waals surface area contributed by atoms with E-state index in [2.05, 4.69) is 92.4 Å². The third kappa shape index (κ3) is 6.42. The summed E-state index contributed by atoms with van der Waals surface area (Å²) in [5, 5.41) is 2.35. The van der Waals surface area contributed by atoms with Gasteiger partial charge in [-0.2, -0.15) is 0 Å². The molecular formula is C32H32O2. The number of hydrogen-bond donors (Lipinski definition) is 0. The van der Waals surface area contributed by atoms with Gasteiger partial charge < -0.3 is 9.47 Å². The van der Waals surface area contributed by atoms with Gasteiger partial charge in [-0.3, -0.25) is 0 Å². The first-order chi connectivity index (χ1) is 16.7. The lowest BCUT2D eigenvalue weighted by Crippen LogP contribution is -1.96. The van der Waals surface area contributed by atoms with Gasteiger partial charge in [0.2, 0.25) is 0 Å². The van der Waals surface area contributed by atoms with E-state index in [1.54, 1.807) is 0 Å². The summed E-state index contributed by atoms with van der Waals surface area (Å²) < 4.78 is 11.6. The van der Waals surface area contributed by atoms with Crippen LogP contribution in [0.25, 0.3) is 21.9 Å². The minimum atomic E-state index is 0.767. The monoisotopic (exact) mass is 448 g/mol. The zero-order chi connectivity index (χ0) is 23.6. The van der Waals surface area contributed by atoms with Crippen LogP contribution in [0, 0.1) is 11.8 Å². The number of unbranched alkanes of at least 4 members (excludes halogenated alkanes) is 2. The lowest BCUT2D eigenvalue weighted by molar-refractivity contribution is 0.309. The summed E-state index contributed by atoms with van der Waals surface area (Å²) in [6, 6.07) is 29.3. The molecule has 34 heavy (non-hydrogen) atoms. The van der Waals surface area contributed by atoms with E-state index in [4.69, 9.17) is 9.47 Å². The minimum absolute atomic E-state index is 0.767. The Labute approximate surface area is 203 Å². The molecule has 2 nitrogen and oxygen atoms in total. The average molecular weight is 449 g/mol.